The smallest absolute Gasteiger partial charge is 0.261 e. The second-order valence-electron chi connectivity index (χ2n) is 5.01. The zero-order valence-electron chi connectivity index (χ0n) is 10.9. The minimum atomic E-state index is -3.93. The molecule has 20 heavy (non-hydrogen) atoms. The van der Waals surface area contributed by atoms with E-state index in [1.54, 1.807) is 6.92 Å². The summed E-state index contributed by atoms with van der Waals surface area (Å²) < 4.78 is 22.9. The minimum absolute atomic E-state index is 0.126. The van der Waals surface area contributed by atoms with Gasteiger partial charge in [-0.3, -0.25) is 4.79 Å². The molecule has 110 valence electrons. The van der Waals surface area contributed by atoms with E-state index in [2.05, 4.69) is 5.32 Å². The molecule has 0 spiro atoms. The molecular weight excluding hydrogens is 321 g/mol. The number of amides is 1. The van der Waals surface area contributed by atoms with Gasteiger partial charge in [0, 0.05) is 27.8 Å². The van der Waals surface area contributed by atoms with Crippen LogP contribution in [0.2, 0.25) is 5.02 Å². The molecule has 2 rings (SSSR count). The van der Waals surface area contributed by atoms with Crippen molar-refractivity contribution in [2.75, 3.05) is 6.54 Å². The van der Waals surface area contributed by atoms with Gasteiger partial charge in [-0.1, -0.05) is 24.4 Å². The number of carbonyl (C=O) groups excluding carboxylic acids is 1. The first kappa shape index (κ1) is 15.6. The highest BCUT2D eigenvalue weighted by molar-refractivity contribution is 8.13. The SMILES string of the molecule is Cc1c(Cl)cc(C(=O)NCCC2CC2)cc1S(=O)(=O)Cl. The van der Waals surface area contributed by atoms with Crippen LogP contribution in [0.5, 0.6) is 0 Å². The summed E-state index contributed by atoms with van der Waals surface area (Å²) in [5.74, 6) is 0.379. The highest BCUT2D eigenvalue weighted by atomic mass is 35.7. The normalized spacial score (nSPS) is 15.2. The van der Waals surface area contributed by atoms with E-state index >= 15 is 0 Å². The van der Waals surface area contributed by atoms with Gasteiger partial charge in [0.15, 0.2) is 0 Å². The van der Waals surface area contributed by atoms with Crippen LogP contribution in [0.3, 0.4) is 0 Å². The van der Waals surface area contributed by atoms with E-state index in [0.29, 0.717) is 12.1 Å². The molecule has 7 heteroatoms. The van der Waals surface area contributed by atoms with E-state index in [1.165, 1.54) is 25.0 Å². The molecule has 0 heterocycles. The van der Waals surface area contributed by atoms with Gasteiger partial charge in [-0.05, 0) is 37.0 Å². The quantitative estimate of drug-likeness (QED) is 0.841. The van der Waals surface area contributed by atoms with Crippen LogP contribution in [-0.4, -0.2) is 20.9 Å². The Balaban J connectivity index is 2.18. The van der Waals surface area contributed by atoms with Crippen LogP contribution in [0.15, 0.2) is 17.0 Å². The molecule has 1 aromatic carbocycles. The number of hydrogen-bond donors (Lipinski definition) is 1. The number of rotatable bonds is 5. The Kier molecular flexibility index (Phi) is 4.62. The van der Waals surface area contributed by atoms with Crippen molar-refractivity contribution in [2.45, 2.75) is 31.1 Å². The van der Waals surface area contributed by atoms with Crippen molar-refractivity contribution >= 4 is 37.2 Å². The lowest BCUT2D eigenvalue weighted by Crippen LogP contribution is -2.25. The van der Waals surface area contributed by atoms with Gasteiger partial charge in [0.1, 0.15) is 0 Å². The molecule has 1 amide bonds. The van der Waals surface area contributed by atoms with Gasteiger partial charge in [0.25, 0.3) is 15.0 Å². The molecule has 0 atom stereocenters. The van der Waals surface area contributed by atoms with Crippen LogP contribution in [0.1, 0.15) is 35.2 Å². The second kappa shape index (κ2) is 5.92. The average molecular weight is 336 g/mol. The van der Waals surface area contributed by atoms with E-state index in [9.17, 15) is 13.2 Å². The maximum Gasteiger partial charge on any atom is 0.261 e. The van der Waals surface area contributed by atoms with Crippen molar-refractivity contribution in [1.82, 2.24) is 5.32 Å². The molecule has 0 unspecified atom stereocenters. The third-order valence-electron chi connectivity index (χ3n) is 3.36. The van der Waals surface area contributed by atoms with Crippen LogP contribution >= 0.6 is 22.3 Å². The van der Waals surface area contributed by atoms with Crippen LogP contribution in [0.25, 0.3) is 0 Å². The van der Waals surface area contributed by atoms with E-state index in [4.69, 9.17) is 22.3 Å². The molecule has 1 saturated carbocycles. The summed E-state index contributed by atoms with van der Waals surface area (Å²) in [5.41, 5.74) is 0.548. The number of hydrogen-bond acceptors (Lipinski definition) is 3. The summed E-state index contributed by atoms with van der Waals surface area (Å²) in [6.07, 6.45) is 3.40. The summed E-state index contributed by atoms with van der Waals surface area (Å²) in [6, 6.07) is 2.71. The van der Waals surface area contributed by atoms with Gasteiger partial charge < -0.3 is 5.32 Å². The second-order valence-corrected chi connectivity index (χ2v) is 7.95. The summed E-state index contributed by atoms with van der Waals surface area (Å²) in [4.78, 5) is 11.9. The molecule has 0 aliphatic heterocycles. The third kappa shape index (κ3) is 3.87. The highest BCUT2D eigenvalue weighted by Gasteiger charge is 2.22. The molecule has 1 aliphatic carbocycles. The van der Waals surface area contributed by atoms with Crippen molar-refractivity contribution in [3.63, 3.8) is 0 Å². The van der Waals surface area contributed by atoms with Crippen molar-refractivity contribution < 1.29 is 13.2 Å². The van der Waals surface area contributed by atoms with Crippen molar-refractivity contribution in [3.05, 3.63) is 28.3 Å². The average Bonchev–Trinajstić information content (AvgIpc) is 3.14. The first-order valence-corrected chi connectivity index (χ1v) is 9.01. The van der Waals surface area contributed by atoms with Crippen molar-refractivity contribution in [3.8, 4) is 0 Å². The van der Waals surface area contributed by atoms with Gasteiger partial charge in [-0.15, -0.1) is 0 Å². The number of benzene rings is 1. The minimum Gasteiger partial charge on any atom is -0.352 e. The molecule has 0 saturated heterocycles. The first-order valence-electron chi connectivity index (χ1n) is 6.32. The van der Waals surface area contributed by atoms with Crippen LogP contribution < -0.4 is 5.32 Å². The summed E-state index contributed by atoms with van der Waals surface area (Å²) >= 11 is 5.96. The summed E-state index contributed by atoms with van der Waals surface area (Å²) in [5, 5.41) is 2.97. The molecule has 0 bridgehead atoms. The molecule has 0 radical (unpaired) electrons. The number of nitrogens with one attached hydrogen (secondary N) is 1. The Bertz CT molecular complexity index is 639. The Hall–Kier alpha value is -0.780. The molecule has 1 aliphatic rings. The molecule has 1 N–H and O–H groups in total. The van der Waals surface area contributed by atoms with E-state index < -0.39 is 9.05 Å². The van der Waals surface area contributed by atoms with Gasteiger partial charge in [-0.25, -0.2) is 8.42 Å². The van der Waals surface area contributed by atoms with Crippen LogP contribution in [0, 0.1) is 12.8 Å². The fourth-order valence-corrected chi connectivity index (χ4v) is 3.44. The summed E-state index contributed by atoms with van der Waals surface area (Å²) in [7, 11) is 1.42. The van der Waals surface area contributed by atoms with E-state index in [1.807, 2.05) is 0 Å². The molecule has 1 aromatic rings. The topological polar surface area (TPSA) is 63.2 Å². The lowest BCUT2D eigenvalue weighted by atomic mass is 10.1. The fraction of sp³-hybridized carbons (Fsp3) is 0.462. The van der Waals surface area contributed by atoms with E-state index in [0.717, 1.165) is 12.3 Å². The Morgan fingerprint density at radius 2 is 2.05 bits per heavy atom. The third-order valence-corrected chi connectivity index (χ3v) is 5.20. The largest absolute Gasteiger partial charge is 0.352 e. The summed E-state index contributed by atoms with van der Waals surface area (Å²) in [6.45, 7) is 2.13. The van der Waals surface area contributed by atoms with Crippen LogP contribution in [-0.2, 0) is 9.05 Å². The van der Waals surface area contributed by atoms with E-state index in [-0.39, 0.29) is 21.4 Å². The highest BCUT2D eigenvalue weighted by Crippen LogP contribution is 2.32. The molecule has 4 nitrogen and oxygen atoms in total. The standard InChI is InChI=1S/C13H15Cl2NO3S/c1-8-11(14)6-10(7-12(8)20(15,18)19)13(17)16-5-4-9-2-3-9/h6-7,9H,2-5H2,1H3,(H,16,17). The number of carbonyl (C=O) groups is 1. The van der Waals surface area contributed by atoms with Crippen LogP contribution in [0.4, 0.5) is 0 Å². The molecule has 1 fully saturated rings. The Labute approximate surface area is 127 Å². The monoisotopic (exact) mass is 335 g/mol. The lowest BCUT2D eigenvalue weighted by Gasteiger charge is -2.09. The zero-order chi connectivity index (χ0) is 14.9. The van der Waals surface area contributed by atoms with Gasteiger partial charge >= 0.3 is 0 Å². The Morgan fingerprint density at radius 3 is 2.60 bits per heavy atom. The van der Waals surface area contributed by atoms with Gasteiger partial charge in [0.05, 0.1) is 4.90 Å². The lowest BCUT2D eigenvalue weighted by molar-refractivity contribution is 0.0952. The first-order chi connectivity index (χ1) is 9.29. The maximum absolute atomic E-state index is 12.0. The zero-order valence-corrected chi connectivity index (χ0v) is 13.3. The van der Waals surface area contributed by atoms with Crippen molar-refractivity contribution in [1.29, 1.82) is 0 Å². The predicted molar refractivity (Wildman–Crippen MR) is 78.9 cm³/mol. The predicted octanol–water partition coefficient (Wildman–Crippen LogP) is 3.11. The van der Waals surface area contributed by atoms with Crippen molar-refractivity contribution in [2.24, 2.45) is 5.92 Å². The Morgan fingerprint density at radius 1 is 1.40 bits per heavy atom. The maximum atomic E-state index is 12.0. The fourth-order valence-electron chi connectivity index (χ4n) is 1.94. The number of halogens is 2. The van der Waals surface area contributed by atoms with Gasteiger partial charge in [0.2, 0.25) is 0 Å². The van der Waals surface area contributed by atoms with Gasteiger partial charge in [-0.2, -0.15) is 0 Å². The molecular formula is C13H15Cl2NO3S. The molecule has 0 aromatic heterocycles.